The van der Waals surface area contributed by atoms with Gasteiger partial charge in [0, 0.05) is 23.9 Å². The van der Waals surface area contributed by atoms with Gasteiger partial charge < -0.3 is 28.7 Å². The lowest BCUT2D eigenvalue weighted by atomic mass is 10.1. The summed E-state index contributed by atoms with van der Waals surface area (Å²) in [6, 6.07) is 4.27. The fourth-order valence-electron chi connectivity index (χ4n) is 2.62. The number of carbonyl (C=O) groups is 2. The third kappa shape index (κ3) is 4.61. The SMILES string of the molecule is COc1cc(NC(=O)COC(=O)c2c(C)cc(=O)oc2C)cc(OC)c1OC. The van der Waals surface area contributed by atoms with Crippen molar-refractivity contribution >= 4 is 17.6 Å². The van der Waals surface area contributed by atoms with Gasteiger partial charge in [0.2, 0.25) is 5.75 Å². The van der Waals surface area contributed by atoms with E-state index in [2.05, 4.69) is 5.32 Å². The molecule has 2 aromatic rings. The van der Waals surface area contributed by atoms with E-state index >= 15 is 0 Å². The number of hydrogen-bond acceptors (Lipinski definition) is 8. The summed E-state index contributed by atoms with van der Waals surface area (Å²) in [6.07, 6.45) is 0. The molecule has 0 bridgehead atoms. The maximum atomic E-state index is 12.2. The molecule has 0 radical (unpaired) electrons. The lowest BCUT2D eigenvalue weighted by molar-refractivity contribution is -0.119. The van der Waals surface area contributed by atoms with E-state index in [0.717, 1.165) is 0 Å². The summed E-state index contributed by atoms with van der Waals surface area (Å²) >= 11 is 0. The Bertz CT molecular complexity index is 896. The van der Waals surface area contributed by atoms with Crippen LogP contribution in [-0.2, 0) is 9.53 Å². The zero-order valence-electron chi connectivity index (χ0n) is 16.2. The average molecular weight is 391 g/mol. The van der Waals surface area contributed by atoms with Gasteiger partial charge >= 0.3 is 11.6 Å². The highest BCUT2D eigenvalue weighted by atomic mass is 16.5. The highest BCUT2D eigenvalue weighted by Crippen LogP contribution is 2.39. The van der Waals surface area contributed by atoms with Crippen molar-refractivity contribution in [3.63, 3.8) is 0 Å². The fourth-order valence-corrected chi connectivity index (χ4v) is 2.62. The van der Waals surface area contributed by atoms with Crippen molar-refractivity contribution in [2.75, 3.05) is 33.3 Å². The topological polar surface area (TPSA) is 113 Å². The van der Waals surface area contributed by atoms with Gasteiger partial charge in [-0.25, -0.2) is 9.59 Å². The van der Waals surface area contributed by atoms with Crippen LogP contribution >= 0.6 is 0 Å². The number of carbonyl (C=O) groups excluding carboxylic acids is 2. The molecule has 0 fully saturated rings. The van der Waals surface area contributed by atoms with E-state index in [-0.39, 0.29) is 11.3 Å². The molecule has 9 heteroatoms. The number of hydrogen-bond donors (Lipinski definition) is 1. The summed E-state index contributed by atoms with van der Waals surface area (Å²) in [5.74, 6) is -0.112. The minimum atomic E-state index is -0.765. The number of anilines is 1. The van der Waals surface area contributed by atoms with Gasteiger partial charge in [-0.3, -0.25) is 4.79 Å². The van der Waals surface area contributed by atoms with Crippen LogP contribution < -0.4 is 25.2 Å². The van der Waals surface area contributed by atoms with E-state index in [1.54, 1.807) is 19.1 Å². The number of aryl methyl sites for hydroxylation is 2. The zero-order chi connectivity index (χ0) is 20.8. The van der Waals surface area contributed by atoms with E-state index in [1.165, 1.54) is 34.3 Å². The predicted molar refractivity (Wildman–Crippen MR) is 99.5 cm³/mol. The minimum Gasteiger partial charge on any atom is -0.493 e. The monoisotopic (exact) mass is 391 g/mol. The van der Waals surface area contributed by atoms with E-state index in [0.29, 0.717) is 28.5 Å². The Balaban J connectivity index is 2.09. The molecule has 0 spiro atoms. The Kier molecular flexibility index (Phi) is 6.64. The van der Waals surface area contributed by atoms with Crippen molar-refractivity contribution in [2.45, 2.75) is 13.8 Å². The third-order valence-electron chi connectivity index (χ3n) is 3.82. The van der Waals surface area contributed by atoms with Crippen molar-refractivity contribution < 1.29 is 33.0 Å². The third-order valence-corrected chi connectivity index (χ3v) is 3.82. The molecule has 1 aromatic heterocycles. The van der Waals surface area contributed by atoms with Crippen LogP contribution in [0.3, 0.4) is 0 Å². The summed E-state index contributed by atoms with van der Waals surface area (Å²) in [5.41, 5.74) is 0.323. The van der Waals surface area contributed by atoms with E-state index in [9.17, 15) is 14.4 Å². The molecule has 0 saturated carbocycles. The number of ether oxygens (including phenoxy) is 4. The van der Waals surface area contributed by atoms with E-state index in [1.807, 2.05) is 0 Å². The predicted octanol–water partition coefficient (Wildman–Crippen LogP) is 2.08. The number of methoxy groups -OCH3 is 3. The molecule has 1 aromatic carbocycles. The second kappa shape index (κ2) is 8.94. The molecule has 150 valence electrons. The molecule has 0 aliphatic heterocycles. The van der Waals surface area contributed by atoms with Crippen molar-refractivity contribution in [3.05, 3.63) is 45.5 Å². The second-order valence-corrected chi connectivity index (χ2v) is 5.72. The molecule has 1 N–H and O–H groups in total. The maximum Gasteiger partial charge on any atom is 0.342 e. The summed E-state index contributed by atoms with van der Waals surface area (Å²) < 4.78 is 25.6. The summed E-state index contributed by atoms with van der Waals surface area (Å²) in [5, 5.41) is 2.58. The number of nitrogens with one attached hydrogen (secondary N) is 1. The zero-order valence-corrected chi connectivity index (χ0v) is 16.2. The quantitative estimate of drug-likeness (QED) is 0.714. The molecular formula is C19H21NO8. The molecule has 2 rings (SSSR count). The second-order valence-electron chi connectivity index (χ2n) is 5.72. The van der Waals surface area contributed by atoms with Crippen LogP contribution in [0.15, 0.2) is 27.4 Å². The Morgan fingerprint density at radius 3 is 2.11 bits per heavy atom. The molecule has 0 saturated heterocycles. The fraction of sp³-hybridized carbons (Fsp3) is 0.316. The van der Waals surface area contributed by atoms with Gasteiger partial charge in [-0.2, -0.15) is 0 Å². The number of rotatable bonds is 7. The lowest BCUT2D eigenvalue weighted by Crippen LogP contribution is -2.22. The largest absolute Gasteiger partial charge is 0.493 e. The Morgan fingerprint density at radius 2 is 1.61 bits per heavy atom. The van der Waals surface area contributed by atoms with Gasteiger partial charge in [-0.15, -0.1) is 0 Å². The first-order valence-corrected chi connectivity index (χ1v) is 8.19. The highest BCUT2D eigenvalue weighted by Gasteiger charge is 2.19. The Labute approximate surface area is 161 Å². The van der Waals surface area contributed by atoms with Crippen LogP contribution in [0, 0.1) is 13.8 Å². The van der Waals surface area contributed by atoms with Crippen LogP contribution in [0.2, 0.25) is 0 Å². The molecule has 0 unspecified atom stereocenters. The van der Waals surface area contributed by atoms with Crippen molar-refractivity contribution in [3.8, 4) is 17.2 Å². The van der Waals surface area contributed by atoms with Crippen molar-refractivity contribution in [2.24, 2.45) is 0 Å². The molecule has 0 aliphatic rings. The summed E-state index contributed by atoms with van der Waals surface area (Å²) in [6.45, 7) is 2.52. The van der Waals surface area contributed by atoms with Crippen molar-refractivity contribution in [1.29, 1.82) is 0 Å². The number of benzene rings is 1. The lowest BCUT2D eigenvalue weighted by Gasteiger charge is -2.14. The average Bonchev–Trinajstić information content (AvgIpc) is 2.64. The number of esters is 1. The van der Waals surface area contributed by atoms with Crippen LogP contribution in [0.1, 0.15) is 21.7 Å². The molecule has 0 aliphatic carbocycles. The number of amides is 1. The van der Waals surface area contributed by atoms with Crippen LogP contribution in [0.5, 0.6) is 17.2 Å². The van der Waals surface area contributed by atoms with Crippen LogP contribution in [0.4, 0.5) is 5.69 Å². The molecule has 0 atom stereocenters. The summed E-state index contributed by atoms with van der Waals surface area (Å²) in [7, 11) is 4.37. The van der Waals surface area contributed by atoms with Gasteiger partial charge in [0.25, 0.3) is 5.91 Å². The standard InChI is InChI=1S/C19H21NO8/c1-10-6-16(22)28-11(2)17(10)19(23)27-9-15(21)20-12-7-13(24-3)18(26-5)14(8-12)25-4/h6-8H,9H2,1-5H3,(H,20,21). The summed E-state index contributed by atoms with van der Waals surface area (Å²) in [4.78, 5) is 35.7. The smallest absolute Gasteiger partial charge is 0.342 e. The van der Waals surface area contributed by atoms with Gasteiger partial charge in [0.15, 0.2) is 18.1 Å². The van der Waals surface area contributed by atoms with Gasteiger partial charge in [-0.1, -0.05) is 0 Å². The molecule has 28 heavy (non-hydrogen) atoms. The first-order chi connectivity index (χ1) is 13.3. The van der Waals surface area contributed by atoms with Crippen molar-refractivity contribution in [1.82, 2.24) is 0 Å². The van der Waals surface area contributed by atoms with Gasteiger partial charge in [0.05, 0.1) is 21.3 Å². The van der Waals surface area contributed by atoms with Gasteiger partial charge in [-0.05, 0) is 19.4 Å². The molecule has 1 amide bonds. The molecule has 9 nitrogen and oxygen atoms in total. The van der Waals surface area contributed by atoms with Gasteiger partial charge in [0.1, 0.15) is 11.3 Å². The Hall–Kier alpha value is -3.49. The van der Waals surface area contributed by atoms with E-state index < -0.39 is 24.1 Å². The van der Waals surface area contributed by atoms with E-state index in [4.69, 9.17) is 23.4 Å². The van der Waals surface area contributed by atoms with Crippen LogP contribution in [-0.4, -0.2) is 39.8 Å². The molecule has 1 heterocycles. The highest BCUT2D eigenvalue weighted by molar-refractivity contribution is 5.96. The maximum absolute atomic E-state index is 12.2. The molecular weight excluding hydrogens is 370 g/mol. The normalized spacial score (nSPS) is 10.2. The minimum absolute atomic E-state index is 0.111. The first-order valence-electron chi connectivity index (χ1n) is 8.19. The first kappa shape index (κ1) is 20.8. The van der Waals surface area contributed by atoms with Crippen LogP contribution in [0.25, 0.3) is 0 Å². The Morgan fingerprint density at radius 1 is 1.00 bits per heavy atom.